The molecule has 2 heterocycles. The molecular weight excluding hydrogens is 268 g/mol. The molecule has 4 heteroatoms. The highest BCUT2D eigenvalue weighted by atomic mass is 32.2. The van der Waals surface area contributed by atoms with Crippen LogP contribution in [-0.2, 0) is 4.84 Å². The van der Waals surface area contributed by atoms with E-state index in [4.69, 9.17) is 4.84 Å². The zero-order valence-electron chi connectivity index (χ0n) is 11.1. The molecule has 100 valence electrons. The first-order valence-corrected chi connectivity index (χ1v) is 7.50. The van der Waals surface area contributed by atoms with Gasteiger partial charge in [-0.15, -0.1) is 11.8 Å². The molecule has 0 aromatic heterocycles. The molecule has 2 aromatic rings. The zero-order chi connectivity index (χ0) is 13.5. The number of nitrogens with zero attached hydrogens (tertiary/aromatic N) is 2. The summed E-state index contributed by atoms with van der Waals surface area (Å²) in [5.41, 5.74) is 3.38. The molecule has 0 aliphatic carbocycles. The molecule has 0 N–H and O–H groups in total. The van der Waals surface area contributed by atoms with Crippen molar-refractivity contribution in [3.63, 3.8) is 0 Å². The lowest BCUT2D eigenvalue weighted by Crippen LogP contribution is -2.43. The van der Waals surface area contributed by atoms with E-state index in [2.05, 4.69) is 53.5 Å². The fourth-order valence-corrected chi connectivity index (χ4v) is 4.09. The summed E-state index contributed by atoms with van der Waals surface area (Å²) in [6.07, 6.45) is -0.0230. The molecule has 0 spiro atoms. The fraction of sp³-hybridized carbons (Fsp3) is 0.188. The van der Waals surface area contributed by atoms with Crippen LogP contribution in [0.25, 0.3) is 0 Å². The van der Waals surface area contributed by atoms with E-state index in [1.807, 2.05) is 30.0 Å². The number of anilines is 1. The monoisotopic (exact) mass is 282 g/mol. The van der Waals surface area contributed by atoms with Crippen LogP contribution in [0.1, 0.15) is 5.56 Å². The smallest absolute Gasteiger partial charge is 0.217 e. The van der Waals surface area contributed by atoms with E-state index in [0.717, 1.165) is 11.3 Å². The molecule has 0 bridgehead atoms. The number of rotatable bonds is 1. The van der Waals surface area contributed by atoms with E-state index >= 15 is 0 Å². The van der Waals surface area contributed by atoms with E-state index in [9.17, 15) is 0 Å². The Hall–Kier alpha value is -1.94. The number of hydrogen-bond acceptors (Lipinski definition) is 4. The van der Waals surface area contributed by atoms with Crippen LogP contribution < -0.4 is 4.90 Å². The van der Waals surface area contributed by atoms with Crippen LogP contribution in [0.15, 0.2) is 64.6 Å². The SMILES string of the molecule is CN1c2ccccc2SC2C(c3ccccc3)=NOC21. The van der Waals surface area contributed by atoms with Crippen LogP contribution in [0.3, 0.4) is 0 Å². The third-order valence-electron chi connectivity index (χ3n) is 3.74. The van der Waals surface area contributed by atoms with Gasteiger partial charge in [-0.1, -0.05) is 47.6 Å². The molecule has 2 atom stereocenters. The van der Waals surface area contributed by atoms with Crippen molar-refractivity contribution < 1.29 is 4.84 Å². The van der Waals surface area contributed by atoms with Crippen LogP contribution in [0.4, 0.5) is 5.69 Å². The van der Waals surface area contributed by atoms with E-state index < -0.39 is 0 Å². The van der Waals surface area contributed by atoms with Gasteiger partial charge in [0.25, 0.3) is 0 Å². The molecule has 0 amide bonds. The van der Waals surface area contributed by atoms with Gasteiger partial charge >= 0.3 is 0 Å². The first-order valence-electron chi connectivity index (χ1n) is 6.62. The van der Waals surface area contributed by atoms with Gasteiger partial charge in [0.1, 0.15) is 11.0 Å². The summed E-state index contributed by atoms with van der Waals surface area (Å²) in [7, 11) is 2.07. The molecule has 3 nitrogen and oxygen atoms in total. The molecular formula is C16H14N2OS. The minimum Gasteiger partial charge on any atom is -0.369 e. The maximum Gasteiger partial charge on any atom is 0.217 e. The normalized spacial score (nSPS) is 23.6. The summed E-state index contributed by atoms with van der Waals surface area (Å²) in [5.74, 6) is 0. The Morgan fingerprint density at radius 2 is 1.80 bits per heavy atom. The van der Waals surface area contributed by atoms with E-state index in [1.165, 1.54) is 10.6 Å². The maximum atomic E-state index is 5.69. The Balaban J connectivity index is 1.73. The Morgan fingerprint density at radius 1 is 1.05 bits per heavy atom. The van der Waals surface area contributed by atoms with Crippen molar-refractivity contribution in [3.8, 4) is 0 Å². The lowest BCUT2D eigenvalue weighted by molar-refractivity contribution is 0.0875. The van der Waals surface area contributed by atoms with Gasteiger partial charge in [0.05, 0.1) is 5.69 Å². The Morgan fingerprint density at radius 3 is 2.65 bits per heavy atom. The first kappa shape index (κ1) is 11.9. The van der Waals surface area contributed by atoms with Gasteiger partial charge in [-0.05, 0) is 12.1 Å². The summed E-state index contributed by atoms with van der Waals surface area (Å²) in [6, 6.07) is 18.7. The quantitative estimate of drug-likeness (QED) is 0.802. The fourth-order valence-electron chi connectivity index (χ4n) is 2.69. The third kappa shape index (κ3) is 1.72. The third-order valence-corrected chi connectivity index (χ3v) is 5.05. The van der Waals surface area contributed by atoms with Gasteiger partial charge in [0.15, 0.2) is 0 Å². The number of benzene rings is 2. The summed E-state index contributed by atoms with van der Waals surface area (Å²) < 4.78 is 0. The van der Waals surface area contributed by atoms with Crippen molar-refractivity contribution in [2.45, 2.75) is 16.4 Å². The summed E-state index contributed by atoms with van der Waals surface area (Å²) in [4.78, 5) is 9.15. The molecule has 2 aliphatic heterocycles. The summed E-state index contributed by atoms with van der Waals surface area (Å²) in [6.45, 7) is 0. The second-order valence-corrected chi connectivity index (χ2v) is 6.14. The van der Waals surface area contributed by atoms with E-state index in [1.54, 1.807) is 0 Å². The van der Waals surface area contributed by atoms with Crippen molar-refractivity contribution >= 4 is 23.2 Å². The van der Waals surface area contributed by atoms with Gasteiger partial charge in [-0.3, -0.25) is 0 Å². The van der Waals surface area contributed by atoms with Crippen molar-refractivity contribution in [2.24, 2.45) is 5.16 Å². The second-order valence-electron chi connectivity index (χ2n) is 4.96. The topological polar surface area (TPSA) is 24.8 Å². The van der Waals surface area contributed by atoms with Gasteiger partial charge in [-0.2, -0.15) is 0 Å². The average molecular weight is 282 g/mol. The molecule has 2 aromatic carbocycles. The van der Waals surface area contributed by atoms with Crippen molar-refractivity contribution in [1.82, 2.24) is 0 Å². The van der Waals surface area contributed by atoms with Crippen LogP contribution >= 0.6 is 11.8 Å². The highest BCUT2D eigenvalue weighted by Crippen LogP contribution is 2.44. The molecule has 0 saturated heterocycles. The number of thioether (sulfide) groups is 1. The molecule has 0 saturated carbocycles. The van der Waals surface area contributed by atoms with E-state index in [0.29, 0.717) is 0 Å². The predicted molar refractivity (Wildman–Crippen MR) is 82.3 cm³/mol. The van der Waals surface area contributed by atoms with Gasteiger partial charge in [0.2, 0.25) is 6.23 Å². The Labute approximate surface area is 122 Å². The maximum absolute atomic E-state index is 5.69. The summed E-state index contributed by atoms with van der Waals surface area (Å²) in [5, 5.41) is 4.56. The Bertz CT molecular complexity index is 671. The predicted octanol–water partition coefficient (Wildman–Crippen LogP) is 3.36. The van der Waals surface area contributed by atoms with Crippen molar-refractivity contribution in [3.05, 3.63) is 60.2 Å². The minimum absolute atomic E-state index is 0.0230. The highest BCUT2D eigenvalue weighted by molar-refractivity contribution is 8.01. The highest BCUT2D eigenvalue weighted by Gasteiger charge is 2.42. The van der Waals surface area contributed by atoms with Gasteiger partial charge in [-0.25, -0.2) is 0 Å². The van der Waals surface area contributed by atoms with E-state index in [-0.39, 0.29) is 11.5 Å². The largest absolute Gasteiger partial charge is 0.369 e. The molecule has 2 aliphatic rings. The standard InChI is InChI=1S/C16H14N2OS/c1-18-12-9-5-6-10-13(12)20-15-14(17-19-16(15)18)11-7-3-2-4-8-11/h2-10,15-16H,1H3. The molecule has 0 radical (unpaired) electrons. The Kier molecular flexibility index (Phi) is 2.70. The molecule has 4 rings (SSSR count). The van der Waals surface area contributed by atoms with Crippen LogP contribution in [0, 0.1) is 0 Å². The van der Waals surface area contributed by atoms with Gasteiger partial charge < -0.3 is 9.74 Å². The first-order chi connectivity index (χ1) is 9.84. The van der Waals surface area contributed by atoms with Crippen LogP contribution in [0.2, 0.25) is 0 Å². The number of hydrogen-bond donors (Lipinski definition) is 0. The second kappa shape index (κ2) is 4.56. The van der Waals surface area contributed by atoms with Crippen LogP contribution in [0.5, 0.6) is 0 Å². The number of fused-ring (bicyclic) bond motifs is 2. The molecule has 0 fully saturated rings. The number of oxime groups is 1. The van der Waals surface area contributed by atoms with Gasteiger partial charge in [0, 0.05) is 17.5 Å². The number of para-hydroxylation sites is 1. The van der Waals surface area contributed by atoms with Crippen molar-refractivity contribution in [2.75, 3.05) is 11.9 Å². The molecule has 2 unspecified atom stereocenters. The lowest BCUT2D eigenvalue weighted by atomic mass is 10.1. The zero-order valence-corrected chi connectivity index (χ0v) is 11.9. The lowest BCUT2D eigenvalue weighted by Gasteiger charge is -2.35. The van der Waals surface area contributed by atoms with Crippen LogP contribution in [-0.4, -0.2) is 24.2 Å². The molecule has 20 heavy (non-hydrogen) atoms. The summed E-state index contributed by atoms with van der Waals surface area (Å²) >= 11 is 1.84. The average Bonchev–Trinajstić information content (AvgIpc) is 2.92. The minimum atomic E-state index is -0.0230. The van der Waals surface area contributed by atoms with Crippen molar-refractivity contribution in [1.29, 1.82) is 0 Å².